The van der Waals surface area contributed by atoms with Crippen molar-refractivity contribution in [1.29, 1.82) is 0 Å². The average Bonchev–Trinajstić information content (AvgIpc) is 2.11. The zero-order chi connectivity index (χ0) is 16.2. The van der Waals surface area contributed by atoms with E-state index < -0.39 is 43.7 Å². The highest BCUT2D eigenvalue weighted by atomic mass is 19.3. The molecular weight excluding hydrogens is 310 g/mol. The maximum atomic E-state index is 12.7. The zero-order valence-corrected chi connectivity index (χ0v) is 9.12. The molecule has 0 saturated carbocycles. The predicted octanol–water partition coefficient (Wildman–Crippen LogP) is 0.941. The van der Waals surface area contributed by atoms with Crippen molar-refractivity contribution < 1.29 is 60.4 Å². The van der Waals surface area contributed by atoms with Crippen LogP contribution in [-0.4, -0.2) is 53.9 Å². The summed E-state index contributed by atoms with van der Waals surface area (Å²) in [5, 5.41) is 15.8. The number of hydrogen-bond donors (Lipinski definition) is 2. The molecule has 13 heteroatoms. The standard InChI is InChI=1S/C7H6F6O7/c8-5(9,2-18-1-3(14)15)19-7(12,13)20-6(10,11)4(16)17/h1-2H2,(H,14,15)(H,16,17). The van der Waals surface area contributed by atoms with Gasteiger partial charge >= 0.3 is 30.5 Å². The number of alkyl halides is 6. The summed E-state index contributed by atoms with van der Waals surface area (Å²) < 4.78 is 83.4. The largest absolute Gasteiger partial charge is 0.495 e. The van der Waals surface area contributed by atoms with Crippen LogP contribution in [0.15, 0.2) is 0 Å². The molecule has 0 radical (unpaired) electrons. The van der Waals surface area contributed by atoms with Crippen LogP contribution in [0, 0.1) is 0 Å². The van der Waals surface area contributed by atoms with Gasteiger partial charge in [-0.15, -0.1) is 8.78 Å². The van der Waals surface area contributed by atoms with Crippen LogP contribution >= 0.6 is 0 Å². The first-order chi connectivity index (χ1) is 8.77. The summed E-state index contributed by atoms with van der Waals surface area (Å²) in [6.45, 7) is -3.31. The van der Waals surface area contributed by atoms with Crippen molar-refractivity contribution in [2.24, 2.45) is 0 Å². The fourth-order valence-electron chi connectivity index (χ4n) is 0.674. The molecule has 0 unspecified atom stereocenters. The first-order valence-corrected chi connectivity index (χ1v) is 4.34. The first-order valence-electron chi connectivity index (χ1n) is 4.34. The second kappa shape index (κ2) is 6.23. The number of carboxylic acids is 2. The van der Waals surface area contributed by atoms with Gasteiger partial charge in [-0.25, -0.2) is 19.1 Å². The molecule has 0 aliphatic rings. The number of carboxylic acid groups (broad SMARTS) is 2. The maximum Gasteiger partial charge on any atom is 0.495 e. The molecule has 0 atom stereocenters. The van der Waals surface area contributed by atoms with Gasteiger partial charge in [0, 0.05) is 0 Å². The SMILES string of the molecule is O=C(O)COCC(F)(F)OC(F)(F)OC(F)(F)C(=O)O. The Morgan fingerprint density at radius 1 is 0.950 bits per heavy atom. The molecule has 0 bridgehead atoms. The highest BCUT2D eigenvalue weighted by molar-refractivity contribution is 5.73. The number of rotatable bonds is 9. The molecule has 7 nitrogen and oxygen atoms in total. The van der Waals surface area contributed by atoms with Gasteiger partial charge in [0.1, 0.15) is 13.2 Å². The summed E-state index contributed by atoms with van der Waals surface area (Å²) in [5.74, 6) is -4.87. The summed E-state index contributed by atoms with van der Waals surface area (Å²) in [4.78, 5) is 19.7. The summed E-state index contributed by atoms with van der Waals surface area (Å²) in [6, 6.07) is 0. The monoisotopic (exact) mass is 316 g/mol. The van der Waals surface area contributed by atoms with E-state index in [2.05, 4.69) is 14.2 Å². The van der Waals surface area contributed by atoms with Gasteiger partial charge in [0.05, 0.1) is 0 Å². The van der Waals surface area contributed by atoms with Crippen LogP contribution in [0.1, 0.15) is 0 Å². The van der Waals surface area contributed by atoms with E-state index in [0.29, 0.717) is 0 Å². The first kappa shape index (κ1) is 18.4. The van der Waals surface area contributed by atoms with Crippen molar-refractivity contribution >= 4 is 11.9 Å². The summed E-state index contributed by atoms with van der Waals surface area (Å²) >= 11 is 0. The van der Waals surface area contributed by atoms with Crippen molar-refractivity contribution in [2.75, 3.05) is 13.2 Å². The minimum absolute atomic E-state index is 1.29. The quantitative estimate of drug-likeness (QED) is 0.482. The van der Waals surface area contributed by atoms with Crippen LogP contribution in [0.3, 0.4) is 0 Å². The third kappa shape index (κ3) is 7.10. The van der Waals surface area contributed by atoms with Crippen molar-refractivity contribution in [3.8, 4) is 0 Å². The minimum atomic E-state index is -5.67. The van der Waals surface area contributed by atoms with Gasteiger partial charge in [-0.3, -0.25) is 0 Å². The fraction of sp³-hybridized carbons (Fsp3) is 0.714. The maximum absolute atomic E-state index is 12.7. The summed E-state index contributed by atoms with van der Waals surface area (Å²) in [7, 11) is 0. The fourth-order valence-corrected chi connectivity index (χ4v) is 0.674. The van der Waals surface area contributed by atoms with Crippen LogP contribution < -0.4 is 0 Å². The molecule has 0 aromatic rings. The minimum Gasteiger partial charge on any atom is -0.480 e. The molecule has 0 spiro atoms. The van der Waals surface area contributed by atoms with Gasteiger partial charge < -0.3 is 14.9 Å². The highest BCUT2D eigenvalue weighted by Crippen LogP contribution is 2.33. The van der Waals surface area contributed by atoms with E-state index in [1.807, 2.05) is 0 Å². The van der Waals surface area contributed by atoms with Crippen LogP contribution in [0.2, 0.25) is 0 Å². The van der Waals surface area contributed by atoms with Crippen molar-refractivity contribution in [2.45, 2.75) is 18.5 Å². The Morgan fingerprint density at radius 2 is 1.45 bits per heavy atom. The molecular formula is C7H6F6O7. The lowest BCUT2D eigenvalue weighted by Gasteiger charge is -2.24. The number of aliphatic carboxylic acids is 2. The van der Waals surface area contributed by atoms with Crippen molar-refractivity contribution in [3.63, 3.8) is 0 Å². The molecule has 2 N–H and O–H groups in total. The molecule has 0 rings (SSSR count). The number of ether oxygens (including phenoxy) is 3. The molecule has 20 heavy (non-hydrogen) atoms. The number of carbonyl (C=O) groups is 2. The predicted molar refractivity (Wildman–Crippen MR) is 43.1 cm³/mol. The van der Waals surface area contributed by atoms with Crippen LogP contribution in [-0.2, 0) is 23.8 Å². The molecule has 0 fully saturated rings. The lowest BCUT2D eigenvalue weighted by Crippen LogP contribution is -2.45. The van der Waals surface area contributed by atoms with E-state index in [-0.39, 0.29) is 0 Å². The van der Waals surface area contributed by atoms with E-state index >= 15 is 0 Å². The van der Waals surface area contributed by atoms with Crippen LogP contribution in [0.5, 0.6) is 0 Å². The van der Waals surface area contributed by atoms with Gasteiger partial charge in [0.25, 0.3) is 0 Å². The van der Waals surface area contributed by atoms with E-state index in [1.54, 1.807) is 0 Å². The Bertz CT molecular complexity index is 371. The van der Waals surface area contributed by atoms with Crippen LogP contribution in [0.25, 0.3) is 0 Å². The smallest absolute Gasteiger partial charge is 0.480 e. The molecule has 0 aliphatic carbocycles. The highest BCUT2D eigenvalue weighted by Gasteiger charge is 2.55. The zero-order valence-electron chi connectivity index (χ0n) is 9.12. The summed E-state index contributed by atoms with van der Waals surface area (Å²) in [6.07, 6.45) is -16.1. The van der Waals surface area contributed by atoms with Gasteiger partial charge in [0.2, 0.25) is 0 Å². The number of hydrogen-bond acceptors (Lipinski definition) is 5. The van der Waals surface area contributed by atoms with E-state index in [1.165, 1.54) is 0 Å². The summed E-state index contributed by atoms with van der Waals surface area (Å²) in [5.41, 5.74) is 0. The average molecular weight is 316 g/mol. The van der Waals surface area contributed by atoms with E-state index in [4.69, 9.17) is 10.2 Å². The Labute approximate surface area is 105 Å². The second-order valence-corrected chi connectivity index (χ2v) is 3.01. The van der Waals surface area contributed by atoms with Crippen molar-refractivity contribution in [1.82, 2.24) is 0 Å². The Morgan fingerprint density at radius 3 is 1.85 bits per heavy atom. The van der Waals surface area contributed by atoms with Crippen LogP contribution in [0.4, 0.5) is 26.3 Å². The molecule has 0 saturated heterocycles. The van der Waals surface area contributed by atoms with E-state index in [9.17, 15) is 35.9 Å². The topological polar surface area (TPSA) is 102 Å². The van der Waals surface area contributed by atoms with E-state index in [0.717, 1.165) is 0 Å². The Hall–Kier alpha value is -1.60. The van der Waals surface area contributed by atoms with Gasteiger partial charge in [-0.1, -0.05) is 0 Å². The molecule has 0 aromatic heterocycles. The van der Waals surface area contributed by atoms with Gasteiger partial charge in [-0.2, -0.15) is 17.6 Å². The Balaban J connectivity index is 4.57. The Kier molecular flexibility index (Phi) is 5.73. The molecule has 118 valence electrons. The lowest BCUT2D eigenvalue weighted by molar-refractivity contribution is -0.509. The second-order valence-electron chi connectivity index (χ2n) is 3.01. The number of halogens is 6. The third-order valence-corrected chi connectivity index (χ3v) is 1.26. The molecule has 0 aromatic carbocycles. The van der Waals surface area contributed by atoms with Crippen molar-refractivity contribution in [3.05, 3.63) is 0 Å². The molecule has 0 amide bonds. The normalized spacial score (nSPS) is 13.3. The molecule has 0 heterocycles. The molecule has 0 aliphatic heterocycles. The van der Waals surface area contributed by atoms with Gasteiger partial charge in [0.15, 0.2) is 0 Å². The third-order valence-electron chi connectivity index (χ3n) is 1.26. The van der Waals surface area contributed by atoms with Gasteiger partial charge in [-0.05, 0) is 0 Å². The lowest BCUT2D eigenvalue weighted by atomic mass is 10.6.